The molecule has 2 N–H and O–H groups in total. The van der Waals surface area contributed by atoms with Crippen LogP contribution >= 0.6 is 0 Å². The van der Waals surface area contributed by atoms with Crippen molar-refractivity contribution < 1.29 is 28.9 Å². The largest absolute Gasteiger partial charge is 0.497 e. The molecule has 0 radical (unpaired) electrons. The van der Waals surface area contributed by atoms with Gasteiger partial charge in [0.25, 0.3) is 5.91 Å². The van der Waals surface area contributed by atoms with E-state index in [4.69, 9.17) is 9.47 Å². The number of benzene rings is 2. The lowest BCUT2D eigenvalue weighted by Crippen LogP contribution is -3.29. The summed E-state index contributed by atoms with van der Waals surface area (Å²) in [5.41, 5.74) is 3.12. The summed E-state index contributed by atoms with van der Waals surface area (Å²) in [5, 5.41) is 0. The Labute approximate surface area is 183 Å². The minimum Gasteiger partial charge on any atom is -0.497 e. The highest BCUT2D eigenvalue weighted by Gasteiger charge is 2.47. The van der Waals surface area contributed by atoms with Crippen LogP contribution in [0, 0.1) is 6.92 Å². The highest BCUT2D eigenvalue weighted by Crippen LogP contribution is 2.34. The lowest BCUT2D eigenvalue weighted by atomic mass is 10.1. The van der Waals surface area contributed by atoms with Gasteiger partial charge in [-0.15, -0.1) is 0 Å². The van der Waals surface area contributed by atoms with Crippen LogP contribution in [0.3, 0.4) is 0 Å². The maximum Gasteiger partial charge on any atom is 0.292 e. The summed E-state index contributed by atoms with van der Waals surface area (Å²) >= 11 is 0. The Morgan fingerprint density at radius 3 is 2.45 bits per heavy atom. The van der Waals surface area contributed by atoms with Crippen LogP contribution in [0.15, 0.2) is 42.5 Å². The number of methoxy groups -OCH3 is 2. The Balaban J connectivity index is 1.42. The standard InChI is InChI=1S/C24H29N3O4/c1-17-5-4-6-18(13-17)16-25-9-11-26(12-10-25)21-15-23(28)27(24(21)29)20-8-7-19(30-2)14-22(20)31-3/h4-8,13-14,21H,9-12,15-16H2,1-3H3/p+2/t21-/m0/s1. The molecule has 2 heterocycles. The zero-order chi connectivity index (χ0) is 22.0. The predicted octanol–water partition coefficient (Wildman–Crippen LogP) is -0.372. The molecule has 1 atom stereocenters. The number of rotatable bonds is 6. The summed E-state index contributed by atoms with van der Waals surface area (Å²) in [7, 11) is 3.10. The van der Waals surface area contributed by atoms with Gasteiger partial charge in [-0.2, -0.15) is 0 Å². The Morgan fingerprint density at radius 2 is 1.77 bits per heavy atom. The van der Waals surface area contributed by atoms with Gasteiger partial charge in [-0.25, -0.2) is 4.90 Å². The third-order valence-corrected chi connectivity index (χ3v) is 6.40. The van der Waals surface area contributed by atoms with Crippen LogP contribution in [0.1, 0.15) is 17.5 Å². The SMILES string of the molecule is COc1ccc(N2C(=O)C[C@H]([NH+]3CC[NH+](Cc4cccc(C)c4)CC3)C2=O)c(OC)c1. The molecule has 0 unspecified atom stereocenters. The molecule has 2 aliphatic rings. The quantitative estimate of drug-likeness (QED) is 0.620. The number of ether oxygens (including phenoxy) is 2. The number of amides is 2. The van der Waals surface area contributed by atoms with Crippen LogP contribution in [0.25, 0.3) is 0 Å². The van der Waals surface area contributed by atoms with Crippen molar-refractivity contribution in [3.05, 3.63) is 53.6 Å². The van der Waals surface area contributed by atoms with Gasteiger partial charge in [-0.05, 0) is 19.1 Å². The molecule has 2 saturated heterocycles. The summed E-state index contributed by atoms with van der Waals surface area (Å²) in [5.74, 6) is 0.782. The Kier molecular flexibility index (Phi) is 6.25. The van der Waals surface area contributed by atoms with E-state index in [2.05, 4.69) is 31.2 Å². The molecule has 0 spiro atoms. The number of nitrogens with zero attached hydrogens (tertiary/aromatic N) is 1. The number of quaternary nitrogens is 2. The second kappa shape index (κ2) is 9.08. The van der Waals surface area contributed by atoms with Crippen LogP contribution in [0.5, 0.6) is 11.5 Å². The first kappa shape index (κ1) is 21.3. The topological polar surface area (TPSA) is 64.7 Å². The van der Waals surface area contributed by atoms with Gasteiger partial charge < -0.3 is 19.3 Å². The monoisotopic (exact) mass is 425 g/mol. The summed E-state index contributed by atoms with van der Waals surface area (Å²) in [4.78, 5) is 30.1. The van der Waals surface area contributed by atoms with Crippen LogP contribution in [-0.4, -0.2) is 58.3 Å². The van der Waals surface area contributed by atoms with Crippen molar-refractivity contribution in [2.75, 3.05) is 45.3 Å². The molecule has 7 nitrogen and oxygen atoms in total. The molecule has 0 aromatic heterocycles. The highest BCUT2D eigenvalue weighted by atomic mass is 16.5. The molecule has 164 valence electrons. The van der Waals surface area contributed by atoms with Crippen molar-refractivity contribution in [1.29, 1.82) is 0 Å². The number of aryl methyl sites for hydroxylation is 1. The van der Waals surface area contributed by atoms with Crippen molar-refractivity contribution >= 4 is 17.5 Å². The molecule has 0 bridgehead atoms. The minimum atomic E-state index is -0.320. The number of piperazine rings is 1. The van der Waals surface area contributed by atoms with Gasteiger partial charge in [0, 0.05) is 11.6 Å². The number of hydrogen-bond donors (Lipinski definition) is 2. The van der Waals surface area contributed by atoms with Gasteiger partial charge in [-0.1, -0.05) is 29.8 Å². The number of nitrogens with one attached hydrogen (secondary N) is 2. The molecule has 2 fully saturated rings. The van der Waals surface area contributed by atoms with Crippen molar-refractivity contribution in [1.82, 2.24) is 0 Å². The molecule has 31 heavy (non-hydrogen) atoms. The van der Waals surface area contributed by atoms with E-state index in [1.54, 1.807) is 25.3 Å². The number of carbonyl (C=O) groups excluding carboxylic acids is 2. The summed E-state index contributed by atoms with van der Waals surface area (Å²) in [6.45, 7) is 6.88. The summed E-state index contributed by atoms with van der Waals surface area (Å²) < 4.78 is 10.6. The van der Waals surface area contributed by atoms with Gasteiger partial charge in [-0.3, -0.25) is 9.59 Å². The van der Waals surface area contributed by atoms with Crippen molar-refractivity contribution in [3.8, 4) is 11.5 Å². The van der Waals surface area contributed by atoms with Gasteiger partial charge >= 0.3 is 0 Å². The van der Waals surface area contributed by atoms with Gasteiger partial charge in [0.15, 0.2) is 6.04 Å². The first-order valence-corrected chi connectivity index (χ1v) is 10.8. The maximum absolute atomic E-state index is 13.2. The van der Waals surface area contributed by atoms with E-state index in [9.17, 15) is 9.59 Å². The molecule has 0 saturated carbocycles. The lowest BCUT2D eigenvalue weighted by molar-refractivity contribution is -1.02. The van der Waals surface area contributed by atoms with Crippen LogP contribution in [-0.2, 0) is 16.1 Å². The average molecular weight is 426 g/mol. The van der Waals surface area contributed by atoms with Crippen molar-refractivity contribution in [3.63, 3.8) is 0 Å². The zero-order valence-corrected chi connectivity index (χ0v) is 18.4. The number of anilines is 1. The van der Waals surface area contributed by atoms with Gasteiger partial charge in [0.05, 0.1) is 26.3 Å². The molecule has 2 aromatic rings. The Hall–Kier alpha value is -2.90. The molecule has 7 heteroatoms. The maximum atomic E-state index is 13.2. The fourth-order valence-corrected chi connectivity index (χ4v) is 4.73. The summed E-state index contributed by atoms with van der Waals surface area (Å²) in [6, 6.07) is 13.5. The van der Waals surface area contributed by atoms with E-state index in [1.807, 2.05) is 0 Å². The van der Waals surface area contributed by atoms with Gasteiger partial charge in [0.2, 0.25) is 5.91 Å². The molecule has 2 aromatic carbocycles. The van der Waals surface area contributed by atoms with E-state index in [0.29, 0.717) is 17.2 Å². The van der Waals surface area contributed by atoms with E-state index >= 15 is 0 Å². The molecular formula is C24H31N3O4+2. The normalized spacial score (nSPS) is 23.8. The third-order valence-electron chi connectivity index (χ3n) is 6.40. The number of imide groups is 1. The smallest absolute Gasteiger partial charge is 0.292 e. The minimum absolute atomic E-state index is 0.134. The van der Waals surface area contributed by atoms with Gasteiger partial charge in [0.1, 0.15) is 44.2 Å². The van der Waals surface area contributed by atoms with E-state index < -0.39 is 0 Å². The molecule has 0 aliphatic carbocycles. The third kappa shape index (κ3) is 4.43. The lowest BCUT2D eigenvalue weighted by Gasteiger charge is -2.32. The Morgan fingerprint density at radius 1 is 1.00 bits per heavy atom. The van der Waals surface area contributed by atoms with E-state index in [-0.39, 0.29) is 24.3 Å². The highest BCUT2D eigenvalue weighted by molar-refractivity contribution is 6.22. The fourth-order valence-electron chi connectivity index (χ4n) is 4.73. The number of carbonyl (C=O) groups is 2. The van der Waals surface area contributed by atoms with Crippen LogP contribution in [0.2, 0.25) is 0 Å². The Bertz CT molecular complexity index is 969. The van der Waals surface area contributed by atoms with Crippen molar-refractivity contribution in [2.45, 2.75) is 25.9 Å². The second-order valence-corrected chi connectivity index (χ2v) is 8.44. The average Bonchev–Trinajstić information content (AvgIpc) is 3.07. The molecule has 4 rings (SSSR count). The number of hydrogen-bond acceptors (Lipinski definition) is 4. The zero-order valence-electron chi connectivity index (χ0n) is 18.4. The fraction of sp³-hybridized carbons (Fsp3) is 0.417. The predicted molar refractivity (Wildman–Crippen MR) is 117 cm³/mol. The van der Waals surface area contributed by atoms with Crippen molar-refractivity contribution in [2.24, 2.45) is 0 Å². The van der Waals surface area contributed by atoms with E-state index in [0.717, 1.165) is 32.7 Å². The second-order valence-electron chi connectivity index (χ2n) is 8.44. The first-order chi connectivity index (χ1) is 15.0. The molecule has 2 aliphatic heterocycles. The molecule has 2 amide bonds. The van der Waals surface area contributed by atoms with Crippen LogP contribution < -0.4 is 24.2 Å². The summed E-state index contributed by atoms with van der Waals surface area (Å²) in [6.07, 6.45) is 0.247. The first-order valence-electron chi connectivity index (χ1n) is 10.8. The van der Waals surface area contributed by atoms with E-state index in [1.165, 1.54) is 32.9 Å². The van der Waals surface area contributed by atoms with Crippen LogP contribution in [0.4, 0.5) is 5.69 Å². The molecular weight excluding hydrogens is 394 g/mol.